The van der Waals surface area contributed by atoms with Crippen molar-refractivity contribution >= 4 is 5.91 Å². The van der Waals surface area contributed by atoms with Crippen LogP contribution in [0.5, 0.6) is 5.88 Å². The lowest BCUT2D eigenvalue weighted by Gasteiger charge is -2.17. The average molecular weight is 289 g/mol. The second-order valence-electron chi connectivity index (χ2n) is 4.46. The van der Waals surface area contributed by atoms with Crippen LogP contribution in [0.4, 0.5) is 0 Å². The molecule has 7 heteroatoms. The van der Waals surface area contributed by atoms with Gasteiger partial charge in [-0.2, -0.15) is 5.10 Å². The Morgan fingerprint density at radius 3 is 2.90 bits per heavy atom. The summed E-state index contributed by atoms with van der Waals surface area (Å²) in [6.07, 6.45) is 3.78. The van der Waals surface area contributed by atoms with Crippen molar-refractivity contribution in [3.8, 4) is 5.88 Å². The second kappa shape index (κ2) is 6.83. The van der Waals surface area contributed by atoms with Crippen LogP contribution in [0.1, 0.15) is 42.5 Å². The Morgan fingerprint density at radius 2 is 2.24 bits per heavy atom. The summed E-state index contributed by atoms with van der Waals surface area (Å²) in [5.74, 6) is 0.981. The van der Waals surface area contributed by atoms with E-state index in [-0.39, 0.29) is 11.9 Å². The quantitative estimate of drug-likeness (QED) is 0.873. The predicted molar refractivity (Wildman–Crippen MR) is 77.0 cm³/mol. The summed E-state index contributed by atoms with van der Waals surface area (Å²) in [4.78, 5) is 20.6. The molecule has 1 unspecified atom stereocenters. The Labute approximate surface area is 123 Å². The highest BCUT2D eigenvalue weighted by Crippen LogP contribution is 2.15. The Hall–Kier alpha value is -2.44. The largest absolute Gasteiger partial charge is 0.481 e. The van der Waals surface area contributed by atoms with Gasteiger partial charge in [0.25, 0.3) is 5.91 Å². The van der Waals surface area contributed by atoms with Gasteiger partial charge in [0, 0.05) is 24.4 Å². The van der Waals surface area contributed by atoms with Crippen molar-refractivity contribution in [2.75, 3.05) is 7.11 Å². The van der Waals surface area contributed by atoms with Crippen LogP contribution in [0.25, 0.3) is 0 Å². The number of aromatic nitrogens is 4. The molecule has 0 fully saturated rings. The highest BCUT2D eigenvalue weighted by molar-refractivity contribution is 5.94. The van der Waals surface area contributed by atoms with Gasteiger partial charge in [0.1, 0.15) is 12.2 Å². The van der Waals surface area contributed by atoms with E-state index in [0.717, 1.165) is 12.2 Å². The first-order chi connectivity index (χ1) is 10.2. The summed E-state index contributed by atoms with van der Waals surface area (Å²) in [7, 11) is 1.52. The topological polar surface area (TPSA) is 81.9 Å². The first kappa shape index (κ1) is 15.0. The Bertz CT molecular complexity index is 611. The molecule has 0 bridgehead atoms. The van der Waals surface area contributed by atoms with Crippen LogP contribution in [0.3, 0.4) is 0 Å². The van der Waals surface area contributed by atoms with Crippen LogP contribution in [-0.2, 0) is 6.54 Å². The fourth-order valence-corrected chi connectivity index (χ4v) is 2.04. The van der Waals surface area contributed by atoms with Crippen molar-refractivity contribution in [3.63, 3.8) is 0 Å². The number of carbonyl (C=O) groups excluding carboxylic acids is 1. The summed E-state index contributed by atoms with van der Waals surface area (Å²) in [6, 6.07) is 3.07. The van der Waals surface area contributed by atoms with E-state index in [0.29, 0.717) is 18.0 Å². The number of hydrogen-bond donors (Lipinski definition) is 1. The summed E-state index contributed by atoms with van der Waals surface area (Å²) < 4.78 is 6.81. The second-order valence-corrected chi connectivity index (χ2v) is 4.46. The van der Waals surface area contributed by atoms with E-state index in [9.17, 15) is 4.79 Å². The molecule has 0 radical (unpaired) electrons. The van der Waals surface area contributed by atoms with Gasteiger partial charge in [-0.15, -0.1) is 0 Å². The van der Waals surface area contributed by atoms with Crippen LogP contribution in [-0.4, -0.2) is 32.8 Å². The number of rotatable bonds is 6. The number of aryl methyl sites for hydroxylation is 1. The van der Waals surface area contributed by atoms with Crippen molar-refractivity contribution in [1.29, 1.82) is 0 Å². The first-order valence-corrected chi connectivity index (χ1v) is 6.88. The SMILES string of the molecule is CCC(NC(=O)c1ccnc(OC)c1)c1ncnn1CC. The third-order valence-electron chi connectivity index (χ3n) is 3.18. The molecule has 1 atom stereocenters. The zero-order valence-corrected chi connectivity index (χ0v) is 12.4. The maximum Gasteiger partial charge on any atom is 0.252 e. The molecular formula is C14H19N5O2. The number of nitrogens with one attached hydrogen (secondary N) is 1. The number of pyridine rings is 1. The molecule has 0 spiro atoms. The monoisotopic (exact) mass is 289 g/mol. The van der Waals surface area contributed by atoms with E-state index in [1.54, 1.807) is 23.0 Å². The molecule has 0 aromatic carbocycles. The Balaban J connectivity index is 2.16. The lowest BCUT2D eigenvalue weighted by Crippen LogP contribution is -2.30. The van der Waals surface area contributed by atoms with E-state index < -0.39 is 0 Å². The molecule has 2 aromatic rings. The predicted octanol–water partition coefficient (Wildman–Crippen LogP) is 1.58. The van der Waals surface area contributed by atoms with Crippen molar-refractivity contribution in [2.24, 2.45) is 0 Å². The van der Waals surface area contributed by atoms with Gasteiger partial charge in [-0.3, -0.25) is 4.79 Å². The fraction of sp³-hybridized carbons (Fsp3) is 0.429. The Morgan fingerprint density at radius 1 is 1.43 bits per heavy atom. The number of carbonyl (C=O) groups is 1. The molecule has 0 aliphatic heterocycles. The molecule has 1 amide bonds. The van der Waals surface area contributed by atoms with Gasteiger partial charge in [-0.05, 0) is 19.4 Å². The van der Waals surface area contributed by atoms with E-state index in [1.807, 2.05) is 13.8 Å². The van der Waals surface area contributed by atoms with Gasteiger partial charge in [0.2, 0.25) is 5.88 Å². The third kappa shape index (κ3) is 3.36. The van der Waals surface area contributed by atoms with Gasteiger partial charge in [-0.1, -0.05) is 6.92 Å². The van der Waals surface area contributed by atoms with Crippen molar-refractivity contribution in [3.05, 3.63) is 36.0 Å². The average Bonchev–Trinajstić information content (AvgIpc) is 3.00. The number of nitrogens with zero attached hydrogens (tertiary/aromatic N) is 4. The molecule has 0 saturated heterocycles. The maximum absolute atomic E-state index is 12.3. The Kier molecular flexibility index (Phi) is 4.86. The summed E-state index contributed by atoms with van der Waals surface area (Å²) in [6.45, 7) is 4.69. The maximum atomic E-state index is 12.3. The molecular weight excluding hydrogens is 270 g/mol. The molecule has 21 heavy (non-hydrogen) atoms. The molecule has 0 aliphatic rings. The van der Waals surface area contributed by atoms with E-state index >= 15 is 0 Å². The number of hydrogen-bond acceptors (Lipinski definition) is 5. The van der Waals surface area contributed by atoms with Gasteiger partial charge in [-0.25, -0.2) is 14.6 Å². The lowest BCUT2D eigenvalue weighted by atomic mass is 10.1. The van der Waals surface area contributed by atoms with Gasteiger partial charge in [0.15, 0.2) is 0 Å². The minimum Gasteiger partial charge on any atom is -0.481 e. The molecule has 1 N–H and O–H groups in total. The molecule has 0 aliphatic carbocycles. The molecule has 2 heterocycles. The number of ether oxygens (including phenoxy) is 1. The summed E-state index contributed by atoms with van der Waals surface area (Å²) >= 11 is 0. The van der Waals surface area contributed by atoms with E-state index in [4.69, 9.17) is 4.74 Å². The summed E-state index contributed by atoms with van der Waals surface area (Å²) in [5.41, 5.74) is 0.503. The summed E-state index contributed by atoms with van der Waals surface area (Å²) in [5, 5.41) is 7.10. The van der Waals surface area contributed by atoms with Gasteiger partial charge in [0.05, 0.1) is 13.2 Å². The van der Waals surface area contributed by atoms with Crippen molar-refractivity contribution < 1.29 is 9.53 Å². The van der Waals surface area contributed by atoms with Gasteiger partial charge >= 0.3 is 0 Å². The van der Waals surface area contributed by atoms with Crippen molar-refractivity contribution in [2.45, 2.75) is 32.9 Å². The molecule has 7 nitrogen and oxygen atoms in total. The molecule has 2 rings (SSSR count). The normalized spacial score (nSPS) is 12.0. The minimum absolute atomic E-state index is 0.181. The van der Waals surface area contributed by atoms with E-state index in [2.05, 4.69) is 20.4 Å². The van der Waals surface area contributed by atoms with Crippen LogP contribution in [0.2, 0.25) is 0 Å². The number of amides is 1. The molecule has 2 aromatic heterocycles. The zero-order chi connectivity index (χ0) is 15.2. The van der Waals surface area contributed by atoms with Gasteiger partial charge < -0.3 is 10.1 Å². The minimum atomic E-state index is -0.187. The first-order valence-electron chi connectivity index (χ1n) is 6.88. The highest BCUT2D eigenvalue weighted by atomic mass is 16.5. The number of methoxy groups -OCH3 is 1. The smallest absolute Gasteiger partial charge is 0.252 e. The standard InChI is InChI=1S/C14H19N5O2/c1-4-11(13-16-9-17-19(13)5-2)18-14(20)10-6-7-15-12(8-10)21-3/h6-9,11H,4-5H2,1-3H3,(H,18,20). The van der Waals surface area contributed by atoms with E-state index in [1.165, 1.54) is 13.4 Å². The molecule has 112 valence electrons. The highest BCUT2D eigenvalue weighted by Gasteiger charge is 2.19. The fourth-order valence-electron chi connectivity index (χ4n) is 2.04. The van der Waals surface area contributed by atoms with Crippen LogP contribution in [0, 0.1) is 0 Å². The van der Waals surface area contributed by atoms with Crippen LogP contribution in [0.15, 0.2) is 24.7 Å². The van der Waals surface area contributed by atoms with Crippen LogP contribution >= 0.6 is 0 Å². The van der Waals surface area contributed by atoms with Crippen molar-refractivity contribution in [1.82, 2.24) is 25.1 Å². The van der Waals surface area contributed by atoms with Crippen LogP contribution < -0.4 is 10.1 Å². The molecule has 0 saturated carbocycles. The zero-order valence-electron chi connectivity index (χ0n) is 12.4. The third-order valence-corrected chi connectivity index (χ3v) is 3.18. The lowest BCUT2D eigenvalue weighted by molar-refractivity contribution is 0.0932.